The summed E-state index contributed by atoms with van der Waals surface area (Å²) in [5, 5.41) is 0. The first kappa shape index (κ1) is 11.6. The third-order valence-electron chi connectivity index (χ3n) is 3.64. The molecule has 1 saturated heterocycles. The molecule has 1 fully saturated rings. The zero-order valence-corrected chi connectivity index (χ0v) is 10.1. The maximum absolute atomic E-state index is 6.11. The van der Waals surface area contributed by atoms with Gasteiger partial charge in [-0.25, -0.2) is 4.98 Å². The Morgan fingerprint density at radius 2 is 2.25 bits per heavy atom. The summed E-state index contributed by atoms with van der Waals surface area (Å²) in [6.07, 6.45) is 6.82. The second-order valence-corrected chi connectivity index (χ2v) is 4.81. The Hall–Kier alpha value is -0.870. The maximum atomic E-state index is 6.11. The summed E-state index contributed by atoms with van der Waals surface area (Å²) >= 11 is 0. The highest BCUT2D eigenvalue weighted by Crippen LogP contribution is 2.31. The Morgan fingerprint density at radius 3 is 2.88 bits per heavy atom. The molecule has 0 aromatic carbocycles. The van der Waals surface area contributed by atoms with E-state index in [4.69, 9.17) is 10.5 Å². The molecule has 0 bridgehead atoms. The van der Waals surface area contributed by atoms with Crippen LogP contribution < -0.4 is 5.73 Å². The van der Waals surface area contributed by atoms with Gasteiger partial charge in [0.05, 0.1) is 12.0 Å². The molecule has 2 heterocycles. The van der Waals surface area contributed by atoms with Gasteiger partial charge < -0.3 is 15.0 Å². The molecule has 4 heteroatoms. The lowest BCUT2D eigenvalue weighted by atomic mass is 9.91. The lowest BCUT2D eigenvalue weighted by Crippen LogP contribution is -2.38. The molecule has 2 rings (SSSR count). The smallest absolute Gasteiger partial charge is 0.0953 e. The van der Waals surface area contributed by atoms with E-state index in [9.17, 15) is 0 Å². The number of hydrogen-bond acceptors (Lipinski definition) is 3. The van der Waals surface area contributed by atoms with Crippen molar-refractivity contribution in [2.75, 3.05) is 13.2 Å². The second kappa shape index (κ2) is 4.55. The fourth-order valence-electron chi connectivity index (χ4n) is 2.29. The van der Waals surface area contributed by atoms with Gasteiger partial charge in [-0.15, -0.1) is 0 Å². The van der Waals surface area contributed by atoms with Crippen LogP contribution in [0.3, 0.4) is 0 Å². The monoisotopic (exact) mass is 223 g/mol. The minimum Gasteiger partial charge on any atom is -0.381 e. The summed E-state index contributed by atoms with van der Waals surface area (Å²) < 4.78 is 7.68. The van der Waals surface area contributed by atoms with Crippen LogP contribution in [0.15, 0.2) is 12.5 Å². The average molecular weight is 223 g/mol. The molecule has 0 amide bonds. The number of rotatable bonds is 3. The van der Waals surface area contributed by atoms with Crippen LogP contribution in [0, 0.1) is 0 Å². The van der Waals surface area contributed by atoms with E-state index in [1.54, 1.807) is 0 Å². The van der Waals surface area contributed by atoms with Gasteiger partial charge in [0.25, 0.3) is 0 Å². The van der Waals surface area contributed by atoms with Gasteiger partial charge in [-0.05, 0) is 26.2 Å². The first-order valence-corrected chi connectivity index (χ1v) is 6.03. The van der Waals surface area contributed by atoms with Crippen molar-refractivity contribution in [3.05, 3.63) is 18.2 Å². The highest BCUT2D eigenvalue weighted by atomic mass is 16.5. The molecule has 1 aliphatic heterocycles. The maximum Gasteiger partial charge on any atom is 0.0953 e. The Kier molecular flexibility index (Phi) is 3.30. The molecule has 4 nitrogen and oxygen atoms in total. The van der Waals surface area contributed by atoms with Gasteiger partial charge >= 0.3 is 0 Å². The molecular formula is C12H21N3O. The molecule has 0 spiro atoms. The molecule has 0 aliphatic carbocycles. The minimum absolute atomic E-state index is 0.0853. The van der Waals surface area contributed by atoms with Gasteiger partial charge in [-0.3, -0.25) is 0 Å². The molecule has 1 aromatic heterocycles. The van der Waals surface area contributed by atoms with Crippen LogP contribution in [0.2, 0.25) is 0 Å². The quantitative estimate of drug-likeness (QED) is 0.850. The molecule has 90 valence electrons. The largest absolute Gasteiger partial charge is 0.381 e. The van der Waals surface area contributed by atoms with Gasteiger partial charge in [0.15, 0.2) is 0 Å². The third-order valence-corrected chi connectivity index (χ3v) is 3.64. The van der Waals surface area contributed by atoms with Crippen molar-refractivity contribution in [3.8, 4) is 0 Å². The number of nitrogens with zero attached hydrogens (tertiary/aromatic N) is 2. The van der Waals surface area contributed by atoms with E-state index in [2.05, 4.69) is 23.4 Å². The fourth-order valence-corrected chi connectivity index (χ4v) is 2.29. The number of hydrogen-bond donors (Lipinski definition) is 1. The predicted molar refractivity (Wildman–Crippen MR) is 63.1 cm³/mol. The number of nitrogens with two attached hydrogens (primary N) is 1. The zero-order valence-electron chi connectivity index (χ0n) is 10.1. The first-order chi connectivity index (χ1) is 7.67. The van der Waals surface area contributed by atoms with Crippen molar-refractivity contribution in [1.82, 2.24) is 9.55 Å². The van der Waals surface area contributed by atoms with Gasteiger partial charge in [-0.1, -0.05) is 6.92 Å². The first-order valence-electron chi connectivity index (χ1n) is 6.03. The Balaban J connectivity index is 2.28. The van der Waals surface area contributed by atoms with E-state index in [1.165, 1.54) is 0 Å². The molecule has 0 saturated carbocycles. The predicted octanol–water partition coefficient (Wildman–Crippen LogP) is 1.82. The summed E-state index contributed by atoms with van der Waals surface area (Å²) in [5.41, 5.74) is 7.38. The van der Waals surface area contributed by atoms with Crippen molar-refractivity contribution < 1.29 is 4.74 Å². The van der Waals surface area contributed by atoms with Gasteiger partial charge in [0.1, 0.15) is 0 Å². The summed E-state index contributed by atoms with van der Waals surface area (Å²) in [5.74, 6) is 0. The second-order valence-electron chi connectivity index (χ2n) is 4.81. The molecule has 16 heavy (non-hydrogen) atoms. The van der Waals surface area contributed by atoms with Crippen LogP contribution in [0.25, 0.3) is 0 Å². The normalized spacial score (nSPS) is 21.9. The van der Waals surface area contributed by atoms with Gasteiger partial charge in [0.2, 0.25) is 0 Å². The van der Waals surface area contributed by atoms with Crippen molar-refractivity contribution in [1.29, 1.82) is 0 Å². The molecule has 2 N–H and O–H groups in total. The molecular weight excluding hydrogens is 202 g/mol. The van der Waals surface area contributed by atoms with Gasteiger partial charge in [-0.2, -0.15) is 0 Å². The number of imidazole rings is 1. The SMILES string of the molecule is CC[C@@H](N)c1cncn1C1(C)CCOCC1. The average Bonchev–Trinajstić information content (AvgIpc) is 2.78. The van der Waals surface area contributed by atoms with Crippen molar-refractivity contribution in [3.63, 3.8) is 0 Å². The fraction of sp³-hybridized carbons (Fsp3) is 0.750. The van der Waals surface area contributed by atoms with E-state index in [-0.39, 0.29) is 11.6 Å². The summed E-state index contributed by atoms with van der Waals surface area (Å²) in [4.78, 5) is 4.25. The highest BCUT2D eigenvalue weighted by Gasteiger charge is 2.31. The third kappa shape index (κ3) is 1.99. The van der Waals surface area contributed by atoms with Crippen LogP contribution in [-0.4, -0.2) is 22.8 Å². The minimum atomic E-state index is 0.0853. The molecule has 0 unspecified atom stereocenters. The van der Waals surface area contributed by atoms with E-state index in [1.807, 2.05) is 12.5 Å². The van der Waals surface area contributed by atoms with Crippen LogP contribution in [0.1, 0.15) is 44.8 Å². The highest BCUT2D eigenvalue weighted by molar-refractivity contribution is 5.08. The molecule has 0 radical (unpaired) electrons. The van der Waals surface area contributed by atoms with Crippen molar-refractivity contribution in [2.45, 2.75) is 44.7 Å². The van der Waals surface area contributed by atoms with Crippen LogP contribution in [-0.2, 0) is 10.3 Å². The Morgan fingerprint density at radius 1 is 1.56 bits per heavy atom. The Labute approximate surface area is 96.8 Å². The zero-order chi connectivity index (χ0) is 11.6. The summed E-state index contributed by atoms with van der Waals surface area (Å²) in [6, 6.07) is 0.0853. The summed E-state index contributed by atoms with van der Waals surface area (Å²) in [7, 11) is 0. The standard InChI is InChI=1S/C12H21N3O/c1-3-10(13)11-8-14-9-15(11)12(2)4-6-16-7-5-12/h8-10H,3-7,13H2,1-2H3/t10-/m1/s1. The molecule has 1 atom stereocenters. The Bertz CT molecular complexity index is 342. The van der Waals surface area contributed by atoms with E-state index >= 15 is 0 Å². The van der Waals surface area contributed by atoms with Crippen LogP contribution in [0.5, 0.6) is 0 Å². The van der Waals surface area contributed by atoms with E-state index in [0.717, 1.165) is 38.2 Å². The lowest BCUT2D eigenvalue weighted by molar-refractivity contribution is 0.0279. The lowest BCUT2D eigenvalue weighted by Gasteiger charge is -2.37. The number of aromatic nitrogens is 2. The van der Waals surface area contributed by atoms with Gasteiger partial charge in [0, 0.05) is 31.0 Å². The van der Waals surface area contributed by atoms with Crippen molar-refractivity contribution in [2.24, 2.45) is 5.73 Å². The topological polar surface area (TPSA) is 53.1 Å². The van der Waals surface area contributed by atoms with E-state index in [0.29, 0.717) is 0 Å². The van der Waals surface area contributed by atoms with Crippen LogP contribution in [0.4, 0.5) is 0 Å². The summed E-state index contributed by atoms with van der Waals surface area (Å²) in [6.45, 7) is 6.03. The van der Waals surface area contributed by atoms with E-state index < -0.39 is 0 Å². The van der Waals surface area contributed by atoms with Crippen LogP contribution >= 0.6 is 0 Å². The molecule has 1 aliphatic rings. The molecule has 1 aromatic rings. The number of ether oxygens (including phenoxy) is 1. The van der Waals surface area contributed by atoms with Crippen molar-refractivity contribution >= 4 is 0 Å².